The van der Waals surface area contributed by atoms with Crippen molar-refractivity contribution in [3.8, 4) is 0 Å². The maximum absolute atomic E-state index is 12.0. The first-order valence-electron chi connectivity index (χ1n) is 6.15. The van der Waals surface area contributed by atoms with Crippen LogP contribution in [0.2, 0.25) is 0 Å². The highest BCUT2D eigenvalue weighted by molar-refractivity contribution is 5.76. The fourth-order valence-electron chi connectivity index (χ4n) is 1.81. The number of carbonyl (C=O) groups excluding carboxylic acids is 1. The molecule has 0 spiro atoms. The number of rotatable bonds is 3. The number of carbonyl (C=O) groups is 2. The van der Waals surface area contributed by atoms with Gasteiger partial charge in [0, 0.05) is 12.6 Å². The second-order valence-corrected chi connectivity index (χ2v) is 5.39. The topological polar surface area (TPSA) is 78.9 Å². The van der Waals surface area contributed by atoms with E-state index in [2.05, 4.69) is 5.32 Å². The van der Waals surface area contributed by atoms with Crippen LogP contribution in [0.15, 0.2) is 0 Å². The minimum atomic E-state index is -0.912. The fourth-order valence-corrected chi connectivity index (χ4v) is 1.81. The molecule has 1 aliphatic heterocycles. The van der Waals surface area contributed by atoms with Gasteiger partial charge in [-0.3, -0.25) is 4.79 Å². The summed E-state index contributed by atoms with van der Waals surface area (Å²) >= 11 is 0. The second kappa shape index (κ2) is 5.56. The first-order chi connectivity index (χ1) is 8.23. The Morgan fingerprint density at radius 1 is 1.39 bits per heavy atom. The first-order valence-corrected chi connectivity index (χ1v) is 6.15. The van der Waals surface area contributed by atoms with Gasteiger partial charge < -0.3 is 20.1 Å². The first kappa shape index (κ1) is 14.8. The average Bonchev–Trinajstić information content (AvgIpc) is 2.26. The summed E-state index contributed by atoms with van der Waals surface area (Å²) in [6.07, 6.45) is 0. The zero-order chi connectivity index (χ0) is 13.9. The van der Waals surface area contributed by atoms with Crippen LogP contribution < -0.4 is 5.32 Å². The minimum absolute atomic E-state index is 0.230. The summed E-state index contributed by atoms with van der Waals surface area (Å²) in [6, 6.07) is -0.632. The Hall–Kier alpha value is -1.30. The lowest BCUT2D eigenvalue weighted by Crippen LogP contribution is -2.55. The molecule has 1 saturated heterocycles. The maximum atomic E-state index is 12.0. The molecular formula is C12H22N2O4. The second-order valence-electron chi connectivity index (χ2n) is 5.39. The Bertz CT molecular complexity index is 330. The van der Waals surface area contributed by atoms with Crippen molar-refractivity contribution in [1.29, 1.82) is 0 Å². The summed E-state index contributed by atoms with van der Waals surface area (Å²) in [7, 11) is 0. The molecule has 0 bridgehead atoms. The van der Waals surface area contributed by atoms with Gasteiger partial charge in [-0.25, -0.2) is 4.79 Å². The molecule has 2 atom stereocenters. The number of ether oxygens (including phenoxy) is 1. The Balaban J connectivity index is 2.52. The van der Waals surface area contributed by atoms with Crippen LogP contribution in [0.4, 0.5) is 4.79 Å². The molecule has 2 N–H and O–H groups in total. The summed E-state index contributed by atoms with van der Waals surface area (Å²) in [5.41, 5.74) is -0.350. The fraction of sp³-hybridized carbons (Fsp3) is 0.833. The number of carboxylic acid groups (broad SMARTS) is 1. The van der Waals surface area contributed by atoms with E-state index in [1.807, 2.05) is 13.8 Å². The van der Waals surface area contributed by atoms with Gasteiger partial charge in [-0.1, -0.05) is 0 Å². The van der Waals surface area contributed by atoms with Gasteiger partial charge in [0.2, 0.25) is 0 Å². The van der Waals surface area contributed by atoms with Crippen molar-refractivity contribution in [2.75, 3.05) is 19.7 Å². The zero-order valence-corrected chi connectivity index (χ0v) is 11.4. The highest BCUT2D eigenvalue weighted by Crippen LogP contribution is 2.16. The number of hydrogen-bond donors (Lipinski definition) is 2. The SMILES string of the molecule is CC(NC(=O)N1CCOC(C)(C)C1)C(C)C(=O)O. The molecule has 0 aromatic carbocycles. The molecule has 0 saturated carbocycles. The zero-order valence-electron chi connectivity index (χ0n) is 11.4. The Labute approximate surface area is 107 Å². The highest BCUT2D eigenvalue weighted by Gasteiger charge is 2.31. The number of amides is 2. The lowest BCUT2D eigenvalue weighted by atomic mass is 10.0. The van der Waals surface area contributed by atoms with Crippen molar-refractivity contribution in [3.05, 3.63) is 0 Å². The van der Waals surface area contributed by atoms with Crippen LogP contribution in [0.25, 0.3) is 0 Å². The van der Waals surface area contributed by atoms with Gasteiger partial charge in [-0.05, 0) is 27.7 Å². The van der Waals surface area contributed by atoms with Gasteiger partial charge >= 0.3 is 12.0 Å². The number of nitrogens with zero attached hydrogens (tertiary/aromatic N) is 1. The molecule has 1 fully saturated rings. The van der Waals surface area contributed by atoms with Crippen LogP contribution >= 0.6 is 0 Å². The summed E-state index contributed by atoms with van der Waals surface area (Å²) < 4.78 is 5.52. The van der Waals surface area contributed by atoms with E-state index >= 15 is 0 Å². The quantitative estimate of drug-likeness (QED) is 0.789. The predicted octanol–water partition coefficient (Wildman–Crippen LogP) is 0.916. The Morgan fingerprint density at radius 3 is 2.50 bits per heavy atom. The molecule has 0 aromatic heterocycles. The van der Waals surface area contributed by atoms with E-state index in [1.54, 1.807) is 18.7 Å². The number of hydrogen-bond acceptors (Lipinski definition) is 3. The van der Waals surface area contributed by atoms with Crippen LogP contribution in [0, 0.1) is 5.92 Å². The minimum Gasteiger partial charge on any atom is -0.481 e. The van der Waals surface area contributed by atoms with Crippen molar-refractivity contribution in [1.82, 2.24) is 10.2 Å². The highest BCUT2D eigenvalue weighted by atomic mass is 16.5. The average molecular weight is 258 g/mol. The van der Waals surface area contributed by atoms with Gasteiger partial charge in [0.15, 0.2) is 0 Å². The van der Waals surface area contributed by atoms with E-state index < -0.39 is 17.9 Å². The van der Waals surface area contributed by atoms with E-state index in [4.69, 9.17) is 9.84 Å². The summed E-state index contributed by atoms with van der Waals surface area (Å²) in [5.74, 6) is -1.52. The standard InChI is InChI=1S/C12H22N2O4/c1-8(10(15)16)9(2)13-11(17)14-5-6-18-12(3,4)7-14/h8-9H,5-7H2,1-4H3,(H,13,17)(H,15,16). The molecule has 6 nitrogen and oxygen atoms in total. The summed E-state index contributed by atoms with van der Waals surface area (Å²) in [5, 5.41) is 11.6. The monoisotopic (exact) mass is 258 g/mol. The lowest BCUT2D eigenvalue weighted by Gasteiger charge is -2.38. The van der Waals surface area contributed by atoms with Crippen LogP contribution in [0.3, 0.4) is 0 Å². The van der Waals surface area contributed by atoms with E-state index in [9.17, 15) is 9.59 Å². The molecular weight excluding hydrogens is 236 g/mol. The molecule has 2 amide bonds. The van der Waals surface area contributed by atoms with Crippen molar-refractivity contribution in [2.24, 2.45) is 5.92 Å². The Morgan fingerprint density at radius 2 is 2.00 bits per heavy atom. The lowest BCUT2D eigenvalue weighted by molar-refractivity contribution is -0.141. The normalized spacial score (nSPS) is 22.1. The molecule has 0 radical (unpaired) electrons. The molecule has 1 aliphatic rings. The third-order valence-electron chi connectivity index (χ3n) is 3.20. The van der Waals surface area contributed by atoms with Gasteiger partial charge in [-0.2, -0.15) is 0 Å². The van der Waals surface area contributed by atoms with Crippen LogP contribution in [0.5, 0.6) is 0 Å². The summed E-state index contributed by atoms with van der Waals surface area (Å²) in [6.45, 7) is 8.67. The molecule has 6 heteroatoms. The molecule has 0 aliphatic carbocycles. The molecule has 18 heavy (non-hydrogen) atoms. The third-order valence-corrected chi connectivity index (χ3v) is 3.20. The Kier molecular flexibility index (Phi) is 4.56. The van der Waals surface area contributed by atoms with Crippen molar-refractivity contribution < 1.29 is 19.4 Å². The van der Waals surface area contributed by atoms with E-state index in [1.165, 1.54) is 0 Å². The van der Waals surface area contributed by atoms with E-state index in [0.29, 0.717) is 19.7 Å². The molecule has 0 aromatic rings. The van der Waals surface area contributed by atoms with Crippen molar-refractivity contribution >= 4 is 12.0 Å². The van der Waals surface area contributed by atoms with Crippen molar-refractivity contribution in [3.63, 3.8) is 0 Å². The maximum Gasteiger partial charge on any atom is 0.317 e. The van der Waals surface area contributed by atoms with Crippen LogP contribution in [0.1, 0.15) is 27.7 Å². The van der Waals surface area contributed by atoms with Gasteiger partial charge in [-0.15, -0.1) is 0 Å². The number of aliphatic carboxylic acids is 1. The van der Waals surface area contributed by atoms with Crippen molar-refractivity contribution in [2.45, 2.75) is 39.3 Å². The number of morpholine rings is 1. The van der Waals surface area contributed by atoms with Crippen LogP contribution in [-0.2, 0) is 9.53 Å². The van der Waals surface area contributed by atoms with E-state index in [-0.39, 0.29) is 11.6 Å². The largest absolute Gasteiger partial charge is 0.481 e. The van der Waals surface area contributed by atoms with Crippen LogP contribution in [-0.4, -0.2) is 53.3 Å². The summed E-state index contributed by atoms with van der Waals surface area (Å²) in [4.78, 5) is 24.5. The van der Waals surface area contributed by atoms with E-state index in [0.717, 1.165) is 0 Å². The predicted molar refractivity (Wildman–Crippen MR) is 66.4 cm³/mol. The van der Waals surface area contributed by atoms with Gasteiger partial charge in [0.1, 0.15) is 0 Å². The molecule has 104 valence electrons. The van der Waals surface area contributed by atoms with Gasteiger partial charge in [0.05, 0.1) is 24.7 Å². The molecule has 1 heterocycles. The molecule has 2 unspecified atom stereocenters. The number of nitrogens with one attached hydrogen (secondary N) is 1. The molecule has 1 rings (SSSR count). The number of urea groups is 1. The third kappa shape index (κ3) is 3.87. The van der Waals surface area contributed by atoms with Gasteiger partial charge in [0.25, 0.3) is 0 Å². The number of carboxylic acids is 1. The smallest absolute Gasteiger partial charge is 0.317 e.